The molecule has 18 heavy (non-hydrogen) atoms. The largest absolute Gasteiger partial charge is 0.342 e. The number of aromatic nitrogens is 2. The number of halogens is 1. The second-order valence-corrected chi connectivity index (χ2v) is 6.51. The average Bonchev–Trinajstić information content (AvgIpc) is 2.70. The molecule has 3 rings (SSSR count). The molecule has 1 atom stereocenters. The van der Waals surface area contributed by atoms with E-state index in [-0.39, 0.29) is 0 Å². The highest BCUT2D eigenvalue weighted by molar-refractivity contribution is 6.31. The van der Waals surface area contributed by atoms with Crippen LogP contribution in [0.2, 0.25) is 5.02 Å². The van der Waals surface area contributed by atoms with E-state index in [9.17, 15) is 0 Å². The van der Waals surface area contributed by atoms with E-state index in [1.54, 1.807) is 0 Å². The molecular weight excluding hydrogens is 244 g/mol. The molecule has 1 aromatic heterocycles. The molecule has 0 amide bonds. The van der Waals surface area contributed by atoms with Gasteiger partial charge in [-0.2, -0.15) is 0 Å². The smallest absolute Gasteiger partial charge is 0.110 e. The average molecular weight is 263 g/mol. The van der Waals surface area contributed by atoms with Gasteiger partial charge in [0.25, 0.3) is 0 Å². The van der Waals surface area contributed by atoms with Crippen molar-refractivity contribution in [3.8, 4) is 0 Å². The first-order chi connectivity index (χ1) is 8.56. The van der Waals surface area contributed by atoms with Crippen LogP contribution in [0.4, 0.5) is 0 Å². The van der Waals surface area contributed by atoms with Crippen LogP contribution in [0.5, 0.6) is 0 Å². The predicted molar refractivity (Wildman–Crippen MR) is 76.1 cm³/mol. The first kappa shape index (κ1) is 12.0. The Hall–Kier alpha value is -1.02. The van der Waals surface area contributed by atoms with Crippen LogP contribution in [-0.4, -0.2) is 9.97 Å². The van der Waals surface area contributed by atoms with Crippen LogP contribution in [0.3, 0.4) is 0 Å². The Labute approximate surface area is 113 Å². The van der Waals surface area contributed by atoms with Crippen molar-refractivity contribution in [2.24, 2.45) is 5.41 Å². The summed E-state index contributed by atoms with van der Waals surface area (Å²) in [5.41, 5.74) is 2.42. The van der Waals surface area contributed by atoms with Crippen LogP contribution < -0.4 is 0 Å². The summed E-state index contributed by atoms with van der Waals surface area (Å²) >= 11 is 6.02. The number of hydrogen-bond acceptors (Lipinski definition) is 1. The molecule has 0 aliphatic heterocycles. The third kappa shape index (κ3) is 2.03. The Bertz CT molecular complexity index is 571. The number of H-pyrrole nitrogens is 1. The third-order valence-corrected chi connectivity index (χ3v) is 4.53. The van der Waals surface area contributed by atoms with Gasteiger partial charge in [-0.25, -0.2) is 4.98 Å². The lowest BCUT2D eigenvalue weighted by atomic mass is 9.68. The molecule has 1 aromatic carbocycles. The van der Waals surface area contributed by atoms with Crippen molar-refractivity contribution < 1.29 is 0 Å². The maximum Gasteiger partial charge on any atom is 0.110 e. The number of nitrogens with one attached hydrogen (secondary N) is 1. The molecule has 1 N–H and O–H groups in total. The highest BCUT2D eigenvalue weighted by Gasteiger charge is 2.35. The maximum absolute atomic E-state index is 6.02. The van der Waals surface area contributed by atoms with Gasteiger partial charge in [0.1, 0.15) is 5.82 Å². The minimum absolute atomic E-state index is 0.343. The number of nitrogens with zero attached hydrogens (tertiary/aromatic N) is 1. The van der Waals surface area contributed by atoms with E-state index in [0.29, 0.717) is 11.3 Å². The van der Waals surface area contributed by atoms with Gasteiger partial charge in [-0.1, -0.05) is 38.3 Å². The van der Waals surface area contributed by atoms with Crippen LogP contribution in [0.15, 0.2) is 18.2 Å². The van der Waals surface area contributed by atoms with E-state index in [1.807, 2.05) is 18.2 Å². The Balaban J connectivity index is 2.03. The van der Waals surface area contributed by atoms with E-state index in [4.69, 9.17) is 16.6 Å². The Morgan fingerprint density at radius 2 is 2.17 bits per heavy atom. The molecule has 1 heterocycles. The molecule has 2 aromatic rings. The topological polar surface area (TPSA) is 28.7 Å². The Morgan fingerprint density at radius 1 is 1.33 bits per heavy atom. The second kappa shape index (κ2) is 4.27. The summed E-state index contributed by atoms with van der Waals surface area (Å²) in [6, 6.07) is 5.86. The van der Waals surface area contributed by atoms with Gasteiger partial charge in [-0.3, -0.25) is 0 Å². The van der Waals surface area contributed by atoms with Gasteiger partial charge in [0, 0.05) is 10.9 Å². The predicted octanol–water partition coefficient (Wildman–Crippen LogP) is 4.90. The molecule has 1 saturated carbocycles. The van der Waals surface area contributed by atoms with E-state index in [1.165, 1.54) is 25.7 Å². The second-order valence-electron chi connectivity index (χ2n) is 6.07. The number of rotatable bonds is 1. The van der Waals surface area contributed by atoms with E-state index in [0.717, 1.165) is 21.9 Å². The highest BCUT2D eigenvalue weighted by atomic mass is 35.5. The molecule has 96 valence electrons. The van der Waals surface area contributed by atoms with Crippen molar-refractivity contribution in [1.29, 1.82) is 0 Å². The van der Waals surface area contributed by atoms with Gasteiger partial charge >= 0.3 is 0 Å². The van der Waals surface area contributed by atoms with E-state index in [2.05, 4.69) is 18.8 Å². The molecule has 1 unspecified atom stereocenters. The van der Waals surface area contributed by atoms with Crippen molar-refractivity contribution in [3.05, 3.63) is 29.0 Å². The van der Waals surface area contributed by atoms with Crippen molar-refractivity contribution >= 4 is 22.6 Å². The molecular formula is C15H19ClN2. The van der Waals surface area contributed by atoms with Crippen LogP contribution in [0.1, 0.15) is 51.3 Å². The summed E-state index contributed by atoms with van der Waals surface area (Å²) in [6.07, 6.45) is 5.18. The van der Waals surface area contributed by atoms with Gasteiger partial charge in [0.05, 0.1) is 11.0 Å². The molecule has 0 bridgehead atoms. The van der Waals surface area contributed by atoms with Crippen LogP contribution in [-0.2, 0) is 0 Å². The molecule has 1 aliphatic rings. The normalized spacial score (nSPS) is 23.4. The first-order valence-corrected chi connectivity index (χ1v) is 7.09. The minimum atomic E-state index is 0.343. The number of fused-ring (bicyclic) bond motifs is 1. The number of aromatic amines is 1. The summed E-state index contributed by atoms with van der Waals surface area (Å²) in [5, 5.41) is 0.764. The number of imidazole rings is 1. The number of hydrogen-bond donors (Lipinski definition) is 1. The maximum atomic E-state index is 6.02. The lowest BCUT2D eigenvalue weighted by molar-refractivity contribution is 0.193. The molecule has 0 spiro atoms. The lowest BCUT2D eigenvalue weighted by Crippen LogP contribution is -2.26. The van der Waals surface area contributed by atoms with Crippen molar-refractivity contribution in [3.63, 3.8) is 0 Å². The summed E-state index contributed by atoms with van der Waals surface area (Å²) < 4.78 is 0. The summed E-state index contributed by atoms with van der Waals surface area (Å²) in [4.78, 5) is 8.23. The zero-order valence-corrected chi connectivity index (χ0v) is 11.7. The quantitative estimate of drug-likeness (QED) is 0.778. The van der Waals surface area contributed by atoms with Crippen LogP contribution in [0.25, 0.3) is 11.0 Å². The van der Waals surface area contributed by atoms with Gasteiger partial charge in [0.2, 0.25) is 0 Å². The Morgan fingerprint density at radius 3 is 2.94 bits per heavy atom. The summed E-state index contributed by atoms with van der Waals surface area (Å²) in [5.74, 6) is 1.68. The highest BCUT2D eigenvalue weighted by Crippen LogP contribution is 2.46. The van der Waals surface area contributed by atoms with Crippen molar-refractivity contribution in [2.75, 3.05) is 0 Å². The molecule has 0 saturated heterocycles. The zero-order valence-electron chi connectivity index (χ0n) is 11.0. The molecule has 0 radical (unpaired) electrons. The van der Waals surface area contributed by atoms with Gasteiger partial charge in [0.15, 0.2) is 0 Å². The van der Waals surface area contributed by atoms with Gasteiger partial charge in [-0.05, 0) is 36.5 Å². The summed E-state index contributed by atoms with van der Waals surface area (Å²) in [7, 11) is 0. The van der Waals surface area contributed by atoms with Gasteiger partial charge in [-0.15, -0.1) is 0 Å². The monoisotopic (exact) mass is 262 g/mol. The summed E-state index contributed by atoms with van der Waals surface area (Å²) in [6.45, 7) is 4.72. The SMILES string of the molecule is CC1(C)CCCCC1c1nc2ccc(Cl)cc2[nH]1. The minimum Gasteiger partial charge on any atom is -0.342 e. The third-order valence-electron chi connectivity index (χ3n) is 4.30. The lowest BCUT2D eigenvalue weighted by Gasteiger charge is -2.37. The Kier molecular flexibility index (Phi) is 2.86. The van der Waals surface area contributed by atoms with Crippen molar-refractivity contribution in [1.82, 2.24) is 9.97 Å². The fraction of sp³-hybridized carbons (Fsp3) is 0.533. The zero-order chi connectivity index (χ0) is 12.8. The van der Waals surface area contributed by atoms with Crippen LogP contribution in [0, 0.1) is 5.41 Å². The van der Waals surface area contributed by atoms with E-state index < -0.39 is 0 Å². The van der Waals surface area contributed by atoms with Gasteiger partial charge < -0.3 is 4.98 Å². The first-order valence-electron chi connectivity index (χ1n) is 6.71. The van der Waals surface area contributed by atoms with Crippen LogP contribution >= 0.6 is 11.6 Å². The number of benzene rings is 1. The standard InChI is InChI=1S/C15H19ClN2/c1-15(2)8-4-3-5-11(15)14-17-12-7-6-10(16)9-13(12)18-14/h6-7,9,11H,3-5,8H2,1-2H3,(H,17,18). The molecule has 3 heteroatoms. The van der Waals surface area contributed by atoms with Crippen molar-refractivity contribution in [2.45, 2.75) is 45.4 Å². The fourth-order valence-corrected chi connectivity index (χ4v) is 3.34. The molecule has 2 nitrogen and oxygen atoms in total. The van der Waals surface area contributed by atoms with E-state index >= 15 is 0 Å². The molecule has 1 aliphatic carbocycles. The molecule has 1 fully saturated rings. The fourth-order valence-electron chi connectivity index (χ4n) is 3.17.